The molecule has 6 nitrogen and oxygen atoms in total. The SMILES string of the molecule is Cc1cc(Cl)ccc1NC(=O)c1cccc(Cn2cc(CCO)nn2)c1. The van der Waals surface area contributed by atoms with Crippen LogP contribution in [-0.2, 0) is 13.0 Å². The van der Waals surface area contributed by atoms with Gasteiger partial charge in [0, 0.05) is 35.5 Å². The zero-order valence-electron chi connectivity index (χ0n) is 14.3. The molecule has 2 N–H and O–H groups in total. The van der Waals surface area contributed by atoms with Gasteiger partial charge in [-0.05, 0) is 48.4 Å². The highest BCUT2D eigenvalue weighted by Crippen LogP contribution is 2.20. The number of amides is 1. The van der Waals surface area contributed by atoms with Crippen molar-refractivity contribution in [2.75, 3.05) is 11.9 Å². The minimum absolute atomic E-state index is 0.0401. The Morgan fingerprint density at radius 3 is 2.88 bits per heavy atom. The minimum Gasteiger partial charge on any atom is -0.396 e. The molecule has 1 heterocycles. The Hall–Kier alpha value is -2.70. The van der Waals surface area contributed by atoms with Crippen LogP contribution < -0.4 is 5.32 Å². The number of carbonyl (C=O) groups is 1. The van der Waals surface area contributed by atoms with E-state index in [0.717, 1.165) is 22.5 Å². The van der Waals surface area contributed by atoms with Gasteiger partial charge in [0.2, 0.25) is 0 Å². The predicted octanol–water partition coefficient (Wildman–Crippen LogP) is 3.08. The number of carbonyl (C=O) groups excluding carboxylic acids is 1. The average Bonchev–Trinajstić information content (AvgIpc) is 3.05. The lowest BCUT2D eigenvalue weighted by Crippen LogP contribution is -2.13. The van der Waals surface area contributed by atoms with Crippen molar-refractivity contribution in [2.45, 2.75) is 19.9 Å². The molecule has 134 valence electrons. The highest BCUT2D eigenvalue weighted by Gasteiger charge is 2.09. The van der Waals surface area contributed by atoms with E-state index in [1.54, 1.807) is 29.1 Å². The number of hydrogen-bond donors (Lipinski definition) is 2. The van der Waals surface area contributed by atoms with Gasteiger partial charge in [-0.2, -0.15) is 0 Å². The van der Waals surface area contributed by atoms with Gasteiger partial charge < -0.3 is 10.4 Å². The van der Waals surface area contributed by atoms with E-state index in [9.17, 15) is 4.79 Å². The number of aliphatic hydroxyl groups is 1. The van der Waals surface area contributed by atoms with Gasteiger partial charge in [0.15, 0.2) is 0 Å². The Kier molecular flexibility index (Phi) is 5.65. The first-order valence-electron chi connectivity index (χ1n) is 8.21. The maximum absolute atomic E-state index is 12.5. The van der Waals surface area contributed by atoms with Gasteiger partial charge >= 0.3 is 0 Å². The Labute approximate surface area is 156 Å². The van der Waals surface area contributed by atoms with Gasteiger partial charge in [-0.15, -0.1) is 5.10 Å². The summed E-state index contributed by atoms with van der Waals surface area (Å²) in [6.45, 7) is 2.44. The summed E-state index contributed by atoms with van der Waals surface area (Å²) in [5.41, 5.74) is 3.87. The standard InChI is InChI=1S/C19H19ClN4O2/c1-13-9-16(20)5-6-18(13)21-19(26)15-4-2-3-14(10-15)11-24-12-17(7-8-25)22-23-24/h2-6,9-10,12,25H,7-8,11H2,1H3,(H,21,26). The molecule has 0 aliphatic carbocycles. The Bertz CT molecular complexity index is 923. The minimum atomic E-state index is -0.183. The molecule has 3 rings (SSSR count). The van der Waals surface area contributed by atoms with Crippen LogP contribution in [-0.4, -0.2) is 32.6 Å². The zero-order chi connectivity index (χ0) is 18.5. The first kappa shape index (κ1) is 18.1. The largest absolute Gasteiger partial charge is 0.396 e. The number of aliphatic hydroxyl groups excluding tert-OH is 1. The second-order valence-corrected chi connectivity index (χ2v) is 6.43. The maximum Gasteiger partial charge on any atom is 0.255 e. The molecular formula is C19H19ClN4O2. The third-order valence-corrected chi connectivity index (χ3v) is 4.16. The van der Waals surface area contributed by atoms with E-state index in [4.69, 9.17) is 16.7 Å². The Balaban J connectivity index is 1.72. The normalized spacial score (nSPS) is 10.7. The molecule has 26 heavy (non-hydrogen) atoms. The lowest BCUT2D eigenvalue weighted by Gasteiger charge is -2.10. The van der Waals surface area contributed by atoms with Crippen LogP contribution in [0.1, 0.15) is 27.2 Å². The summed E-state index contributed by atoms with van der Waals surface area (Å²) >= 11 is 5.95. The average molecular weight is 371 g/mol. The number of aryl methyl sites for hydroxylation is 1. The monoisotopic (exact) mass is 370 g/mol. The zero-order valence-corrected chi connectivity index (χ0v) is 15.1. The van der Waals surface area contributed by atoms with Crippen LogP contribution in [0, 0.1) is 6.92 Å². The number of aromatic nitrogens is 3. The number of benzene rings is 2. The van der Waals surface area contributed by atoms with Crippen molar-refractivity contribution in [3.05, 3.63) is 76.1 Å². The van der Waals surface area contributed by atoms with E-state index < -0.39 is 0 Å². The molecule has 7 heteroatoms. The molecule has 1 aromatic heterocycles. The lowest BCUT2D eigenvalue weighted by molar-refractivity contribution is 0.102. The lowest BCUT2D eigenvalue weighted by atomic mass is 10.1. The third-order valence-electron chi connectivity index (χ3n) is 3.92. The van der Waals surface area contributed by atoms with Gasteiger partial charge in [0.1, 0.15) is 0 Å². The van der Waals surface area contributed by atoms with E-state index in [1.165, 1.54) is 0 Å². The van der Waals surface area contributed by atoms with Gasteiger partial charge in [-0.25, -0.2) is 4.68 Å². The molecule has 0 fully saturated rings. The van der Waals surface area contributed by atoms with E-state index in [-0.39, 0.29) is 12.5 Å². The predicted molar refractivity (Wildman–Crippen MR) is 100 cm³/mol. The highest BCUT2D eigenvalue weighted by atomic mass is 35.5. The Morgan fingerprint density at radius 2 is 2.12 bits per heavy atom. The molecule has 0 radical (unpaired) electrons. The van der Waals surface area contributed by atoms with Crippen LogP contribution in [0.4, 0.5) is 5.69 Å². The van der Waals surface area contributed by atoms with Crippen molar-refractivity contribution < 1.29 is 9.90 Å². The second-order valence-electron chi connectivity index (χ2n) is 5.99. The number of halogens is 1. The molecule has 3 aromatic rings. The van der Waals surface area contributed by atoms with Crippen molar-refractivity contribution in [1.82, 2.24) is 15.0 Å². The molecular weight excluding hydrogens is 352 g/mol. The van der Waals surface area contributed by atoms with Crippen molar-refractivity contribution >= 4 is 23.2 Å². The summed E-state index contributed by atoms with van der Waals surface area (Å²) in [6.07, 6.45) is 2.27. The third kappa shape index (κ3) is 4.47. The number of rotatable bonds is 6. The van der Waals surface area contributed by atoms with Gasteiger partial charge in [0.05, 0.1) is 12.2 Å². The summed E-state index contributed by atoms with van der Waals surface area (Å²) in [4.78, 5) is 12.5. The number of anilines is 1. The molecule has 0 bridgehead atoms. The fraction of sp³-hybridized carbons (Fsp3) is 0.211. The molecule has 1 amide bonds. The summed E-state index contributed by atoms with van der Waals surface area (Å²) in [6, 6.07) is 12.7. The first-order chi connectivity index (χ1) is 12.5. The van der Waals surface area contributed by atoms with Crippen molar-refractivity contribution in [1.29, 1.82) is 0 Å². The van der Waals surface area contributed by atoms with Crippen molar-refractivity contribution in [2.24, 2.45) is 0 Å². The topological polar surface area (TPSA) is 80.0 Å². The fourth-order valence-corrected chi connectivity index (χ4v) is 2.83. The van der Waals surface area contributed by atoms with Crippen LogP contribution >= 0.6 is 11.6 Å². The van der Waals surface area contributed by atoms with E-state index in [0.29, 0.717) is 23.6 Å². The molecule has 0 aliphatic heterocycles. The summed E-state index contributed by atoms with van der Waals surface area (Å²) in [5, 5.41) is 20.5. The first-order valence-corrected chi connectivity index (χ1v) is 8.59. The number of hydrogen-bond acceptors (Lipinski definition) is 4. The summed E-state index contributed by atoms with van der Waals surface area (Å²) in [7, 11) is 0. The van der Waals surface area contributed by atoms with E-state index >= 15 is 0 Å². The van der Waals surface area contributed by atoms with Crippen LogP contribution in [0.3, 0.4) is 0 Å². The molecule has 0 aliphatic rings. The Morgan fingerprint density at radius 1 is 1.27 bits per heavy atom. The van der Waals surface area contributed by atoms with Crippen molar-refractivity contribution in [3.63, 3.8) is 0 Å². The van der Waals surface area contributed by atoms with Gasteiger partial charge in [-0.1, -0.05) is 28.9 Å². The summed E-state index contributed by atoms with van der Waals surface area (Å²) < 4.78 is 1.69. The highest BCUT2D eigenvalue weighted by molar-refractivity contribution is 6.30. The van der Waals surface area contributed by atoms with Crippen LogP contribution in [0.25, 0.3) is 0 Å². The molecule has 0 saturated carbocycles. The smallest absolute Gasteiger partial charge is 0.255 e. The summed E-state index contributed by atoms with van der Waals surface area (Å²) in [5.74, 6) is -0.183. The fourth-order valence-electron chi connectivity index (χ4n) is 2.60. The van der Waals surface area contributed by atoms with Gasteiger partial charge in [0.25, 0.3) is 5.91 Å². The second kappa shape index (κ2) is 8.12. The maximum atomic E-state index is 12.5. The number of nitrogens with one attached hydrogen (secondary N) is 1. The molecule has 0 atom stereocenters. The number of nitrogens with zero attached hydrogens (tertiary/aromatic N) is 3. The molecule has 0 unspecified atom stereocenters. The van der Waals surface area contributed by atoms with Crippen LogP contribution in [0.5, 0.6) is 0 Å². The van der Waals surface area contributed by atoms with Crippen LogP contribution in [0.15, 0.2) is 48.7 Å². The molecule has 0 spiro atoms. The quantitative estimate of drug-likeness (QED) is 0.698. The van der Waals surface area contributed by atoms with E-state index in [2.05, 4.69) is 15.6 Å². The van der Waals surface area contributed by atoms with Crippen LogP contribution in [0.2, 0.25) is 5.02 Å². The van der Waals surface area contributed by atoms with E-state index in [1.807, 2.05) is 31.2 Å². The molecule has 0 saturated heterocycles. The van der Waals surface area contributed by atoms with Crippen molar-refractivity contribution in [3.8, 4) is 0 Å². The van der Waals surface area contributed by atoms with Gasteiger partial charge in [-0.3, -0.25) is 4.79 Å². The molecule has 2 aromatic carbocycles.